The van der Waals surface area contributed by atoms with Gasteiger partial charge in [-0.25, -0.2) is 13.1 Å². The zero-order valence-electron chi connectivity index (χ0n) is 18.1. The molecule has 2 aromatic carbocycles. The molecule has 0 bridgehead atoms. The van der Waals surface area contributed by atoms with Crippen molar-refractivity contribution < 1.29 is 22.7 Å². The quantitative estimate of drug-likeness (QED) is 0.319. The molecule has 0 radical (unpaired) electrons. The van der Waals surface area contributed by atoms with E-state index in [1.165, 1.54) is 0 Å². The van der Waals surface area contributed by atoms with E-state index in [-0.39, 0.29) is 18.9 Å². The van der Waals surface area contributed by atoms with Crippen molar-refractivity contribution in [2.45, 2.75) is 25.7 Å². The number of ether oxygens (including phenoxy) is 2. The highest BCUT2D eigenvalue weighted by molar-refractivity contribution is 7.88. The highest BCUT2D eigenvalue weighted by Gasteiger charge is 2.28. The lowest BCUT2D eigenvalue weighted by Gasteiger charge is -2.28. The molecule has 6 nitrogen and oxygen atoms in total. The van der Waals surface area contributed by atoms with E-state index < -0.39 is 15.4 Å². The molecule has 0 aliphatic carbocycles. The topological polar surface area (TPSA) is 81.7 Å². The van der Waals surface area contributed by atoms with Gasteiger partial charge in [0.1, 0.15) is 12.4 Å². The van der Waals surface area contributed by atoms with Crippen molar-refractivity contribution in [1.82, 2.24) is 4.72 Å². The highest BCUT2D eigenvalue weighted by Crippen LogP contribution is 2.43. The normalized spacial score (nSPS) is 11.9. The SMILES string of the molecule is CC(C)(c1cccc(OCC(=O)CNS(C)(=O)=O)c1)c1ccc(Cl)c(OCCCCl)c1Cl. The van der Waals surface area contributed by atoms with Gasteiger partial charge in [-0.3, -0.25) is 4.79 Å². The van der Waals surface area contributed by atoms with E-state index in [0.717, 1.165) is 17.4 Å². The van der Waals surface area contributed by atoms with Crippen LogP contribution in [0.15, 0.2) is 36.4 Å². The second-order valence-electron chi connectivity index (χ2n) is 7.70. The molecule has 0 unspecified atom stereocenters. The Hall–Kier alpha value is -1.51. The van der Waals surface area contributed by atoms with E-state index in [4.69, 9.17) is 44.3 Å². The molecule has 2 aromatic rings. The van der Waals surface area contributed by atoms with E-state index >= 15 is 0 Å². The molecule has 10 heteroatoms. The van der Waals surface area contributed by atoms with Crippen molar-refractivity contribution >= 4 is 50.6 Å². The van der Waals surface area contributed by atoms with Crippen LogP contribution in [0.5, 0.6) is 11.5 Å². The van der Waals surface area contributed by atoms with Gasteiger partial charge < -0.3 is 9.47 Å². The largest absolute Gasteiger partial charge is 0.490 e. The van der Waals surface area contributed by atoms with E-state index in [1.807, 2.05) is 38.1 Å². The van der Waals surface area contributed by atoms with E-state index in [9.17, 15) is 13.2 Å². The second-order valence-corrected chi connectivity index (χ2v) is 10.7. The lowest BCUT2D eigenvalue weighted by atomic mass is 9.78. The van der Waals surface area contributed by atoms with Crippen molar-refractivity contribution in [3.63, 3.8) is 0 Å². The zero-order chi connectivity index (χ0) is 23.9. The van der Waals surface area contributed by atoms with Crippen LogP contribution in [0.25, 0.3) is 0 Å². The van der Waals surface area contributed by atoms with Crippen LogP contribution in [-0.4, -0.2) is 46.1 Å². The summed E-state index contributed by atoms with van der Waals surface area (Å²) >= 11 is 18.7. The van der Waals surface area contributed by atoms with Crippen LogP contribution >= 0.6 is 34.8 Å². The number of halogens is 3. The van der Waals surface area contributed by atoms with E-state index in [1.54, 1.807) is 12.1 Å². The number of hydrogen-bond acceptors (Lipinski definition) is 5. The van der Waals surface area contributed by atoms with E-state index in [0.29, 0.717) is 40.5 Å². The van der Waals surface area contributed by atoms with Gasteiger partial charge in [0.15, 0.2) is 11.5 Å². The Morgan fingerprint density at radius 2 is 1.84 bits per heavy atom. The second kappa shape index (κ2) is 11.6. The molecule has 0 heterocycles. The summed E-state index contributed by atoms with van der Waals surface area (Å²) in [6.45, 7) is 3.83. The van der Waals surface area contributed by atoms with Crippen molar-refractivity contribution in [1.29, 1.82) is 0 Å². The summed E-state index contributed by atoms with van der Waals surface area (Å²) in [5.41, 5.74) is 1.18. The van der Waals surface area contributed by atoms with Gasteiger partial charge >= 0.3 is 0 Å². The number of alkyl halides is 1. The number of ketones is 1. The van der Waals surface area contributed by atoms with Gasteiger partial charge in [0.2, 0.25) is 10.0 Å². The first-order valence-electron chi connectivity index (χ1n) is 9.82. The molecule has 1 N–H and O–H groups in total. The van der Waals surface area contributed by atoms with Crippen molar-refractivity contribution in [2.75, 3.05) is 31.9 Å². The predicted octanol–water partition coefficient (Wildman–Crippen LogP) is 4.82. The number of carbonyl (C=O) groups is 1. The Morgan fingerprint density at radius 3 is 2.50 bits per heavy atom. The van der Waals surface area contributed by atoms with Crippen LogP contribution in [0.4, 0.5) is 0 Å². The third-order valence-electron chi connectivity index (χ3n) is 4.73. The van der Waals surface area contributed by atoms with Gasteiger partial charge in [-0.1, -0.05) is 55.2 Å². The minimum atomic E-state index is -3.44. The number of nitrogens with one attached hydrogen (secondary N) is 1. The average Bonchev–Trinajstić information content (AvgIpc) is 2.72. The van der Waals surface area contributed by atoms with Gasteiger partial charge in [-0.2, -0.15) is 0 Å². The van der Waals surface area contributed by atoms with Crippen LogP contribution in [0.3, 0.4) is 0 Å². The molecule has 176 valence electrons. The van der Waals surface area contributed by atoms with E-state index in [2.05, 4.69) is 4.72 Å². The molecule has 2 rings (SSSR count). The molecular formula is C22H26Cl3NO5S. The molecular weight excluding hydrogens is 497 g/mol. The summed E-state index contributed by atoms with van der Waals surface area (Å²) in [6, 6.07) is 10.9. The summed E-state index contributed by atoms with van der Waals surface area (Å²) in [7, 11) is -3.44. The van der Waals surface area contributed by atoms with Crippen molar-refractivity contribution in [2.24, 2.45) is 0 Å². The lowest BCUT2D eigenvalue weighted by Crippen LogP contribution is -2.31. The first-order chi connectivity index (χ1) is 15.0. The maximum atomic E-state index is 11.9. The number of hydrogen-bond donors (Lipinski definition) is 1. The van der Waals surface area contributed by atoms with Crippen LogP contribution in [0.2, 0.25) is 10.0 Å². The Morgan fingerprint density at radius 1 is 1.12 bits per heavy atom. The molecule has 32 heavy (non-hydrogen) atoms. The van der Waals surface area contributed by atoms with Gasteiger partial charge in [-0.05, 0) is 35.7 Å². The first-order valence-corrected chi connectivity index (χ1v) is 13.0. The number of rotatable bonds is 12. The van der Waals surface area contributed by atoms with Crippen LogP contribution in [0.1, 0.15) is 31.4 Å². The van der Waals surface area contributed by atoms with Crippen molar-refractivity contribution in [3.8, 4) is 11.5 Å². The summed E-state index contributed by atoms with van der Waals surface area (Å²) in [4.78, 5) is 11.9. The van der Waals surface area contributed by atoms with Gasteiger partial charge in [0.25, 0.3) is 0 Å². The smallest absolute Gasteiger partial charge is 0.209 e. The molecule has 0 saturated heterocycles. The monoisotopic (exact) mass is 521 g/mol. The third-order valence-corrected chi connectivity index (χ3v) is 6.34. The van der Waals surface area contributed by atoms with Crippen LogP contribution < -0.4 is 14.2 Å². The number of Topliss-reactive ketones (excluding diaryl/α,β-unsaturated/α-hetero) is 1. The number of sulfonamides is 1. The van der Waals surface area contributed by atoms with Gasteiger partial charge in [-0.15, -0.1) is 11.6 Å². The van der Waals surface area contributed by atoms with Gasteiger partial charge in [0.05, 0.1) is 29.5 Å². The maximum absolute atomic E-state index is 11.9. The van der Waals surface area contributed by atoms with Crippen LogP contribution in [-0.2, 0) is 20.2 Å². The minimum absolute atomic E-state index is 0.257. The zero-order valence-corrected chi connectivity index (χ0v) is 21.2. The Kier molecular flexibility index (Phi) is 9.67. The minimum Gasteiger partial charge on any atom is -0.490 e. The standard InChI is InChI=1S/C22H26Cl3NO5S/c1-22(2,18-8-9-19(24)21(20(18)25)30-11-5-10-23)15-6-4-7-17(12-15)31-14-16(27)13-26-32(3,28)29/h4,6-9,12,26H,5,10-11,13-14H2,1-3H3. The molecule has 0 saturated carbocycles. The molecule has 0 aliphatic rings. The maximum Gasteiger partial charge on any atom is 0.209 e. The predicted molar refractivity (Wildman–Crippen MR) is 129 cm³/mol. The molecule has 0 atom stereocenters. The fraction of sp³-hybridized carbons (Fsp3) is 0.409. The molecule has 0 fully saturated rings. The fourth-order valence-corrected chi connectivity index (χ4v) is 4.18. The number of benzene rings is 2. The summed E-state index contributed by atoms with van der Waals surface area (Å²) in [6.07, 6.45) is 1.66. The molecule has 0 amide bonds. The first kappa shape index (κ1) is 26.7. The highest BCUT2D eigenvalue weighted by atomic mass is 35.5. The fourth-order valence-electron chi connectivity index (χ4n) is 2.93. The Bertz CT molecular complexity index is 1060. The molecule has 0 aromatic heterocycles. The Balaban J connectivity index is 2.21. The van der Waals surface area contributed by atoms with Gasteiger partial charge in [0, 0.05) is 11.3 Å². The number of carbonyl (C=O) groups excluding carboxylic acids is 1. The summed E-state index contributed by atoms with van der Waals surface area (Å²) in [5, 5.41) is 0.841. The summed E-state index contributed by atoms with van der Waals surface area (Å²) in [5.74, 6) is 0.979. The van der Waals surface area contributed by atoms with Crippen LogP contribution in [0, 0.1) is 0 Å². The average molecular weight is 523 g/mol. The third kappa shape index (κ3) is 7.52. The van der Waals surface area contributed by atoms with Crippen molar-refractivity contribution in [3.05, 3.63) is 57.6 Å². The summed E-state index contributed by atoms with van der Waals surface area (Å²) < 4.78 is 35.7. The molecule has 0 spiro atoms. The lowest BCUT2D eigenvalue weighted by molar-refractivity contribution is -0.119. The Labute approximate surface area is 204 Å². The molecule has 0 aliphatic heterocycles.